The molecule has 0 radical (unpaired) electrons. The third-order valence-electron chi connectivity index (χ3n) is 5.77. The molecule has 4 heterocycles. The molecule has 10 heteroatoms. The number of ether oxygens (including phenoxy) is 2. The van der Waals surface area contributed by atoms with Crippen molar-refractivity contribution in [2.45, 2.75) is 37.8 Å². The van der Waals surface area contributed by atoms with Crippen LogP contribution in [0.15, 0.2) is 39.6 Å². The lowest BCUT2D eigenvalue weighted by Gasteiger charge is -2.22. The van der Waals surface area contributed by atoms with Crippen LogP contribution in [0.25, 0.3) is 0 Å². The number of aromatic nitrogens is 4. The summed E-state index contributed by atoms with van der Waals surface area (Å²) in [5.41, 5.74) is 5.51. The zero-order valence-electron chi connectivity index (χ0n) is 15.9. The molecule has 1 saturated heterocycles. The second kappa shape index (κ2) is 6.94. The summed E-state index contributed by atoms with van der Waals surface area (Å²) in [7, 11) is 1.73. The third-order valence-corrected chi connectivity index (χ3v) is 5.77. The van der Waals surface area contributed by atoms with Crippen molar-refractivity contribution in [1.82, 2.24) is 25.1 Å². The van der Waals surface area contributed by atoms with E-state index < -0.39 is 6.10 Å². The molecule has 1 fully saturated rings. The molecule has 5 rings (SSSR count). The first-order chi connectivity index (χ1) is 14.1. The van der Waals surface area contributed by atoms with Crippen LogP contribution in [0.1, 0.15) is 31.5 Å². The highest BCUT2D eigenvalue weighted by Crippen LogP contribution is 2.43. The van der Waals surface area contributed by atoms with Gasteiger partial charge in [0.1, 0.15) is 6.61 Å². The Bertz CT molecular complexity index is 1000. The molecular formula is C19H20N6O4. The van der Waals surface area contributed by atoms with Gasteiger partial charge in [0.25, 0.3) is 6.47 Å². The molecule has 0 spiro atoms. The Morgan fingerprint density at radius 2 is 2.24 bits per heavy atom. The van der Waals surface area contributed by atoms with Crippen molar-refractivity contribution in [1.29, 1.82) is 0 Å². The van der Waals surface area contributed by atoms with Crippen molar-refractivity contribution in [3.05, 3.63) is 40.4 Å². The number of carbonyl (C=O) groups is 2. The van der Waals surface area contributed by atoms with Crippen LogP contribution in [0.3, 0.4) is 0 Å². The van der Waals surface area contributed by atoms with E-state index in [1.807, 2.05) is 0 Å². The molecule has 0 N–H and O–H groups in total. The van der Waals surface area contributed by atoms with Crippen LogP contribution in [-0.2, 0) is 21.3 Å². The van der Waals surface area contributed by atoms with E-state index >= 15 is 0 Å². The first-order valence-corrected chi connectivity index (χ1v) is 9.59. The molecule has 1 aromatic heterocycles. The molecule has 0 aromatic carbocycles. The van der Waals surface area contributed by atoms with Gasteiger partial charge < -0.3 is 9.47 Å². The zero-order valence-corrected chi connectivity index (χ0v) is 15.9. The lowest BCUT2D eigenvalue weighted by Crippen LogP contribution is -2.33. The fourth-order valence-electron chi connectivity index (χ4n) is 4.41. The molecule has 2 atom stereocenters. The van der Waals surface area contributed by atoms with Gasteiger partial charge in [-0.2, -0.15) is 4.80 Å². The van der Waals surface area contributed by atoms with E-state index in [9.17, 15) is 9.59 Å². The summed E-state index contributed by atoms with van der Waals surface area (Å²) in [6.45, 7) is 1.07. The predicted octanol–water partition coefficient (Wildman–Crippen LogP) is 1.07. The standard InChI is InChI=1S/C19H20N6O4/c1-24-22-18(21-23-24)14-4-2-12(8-20-14)11-3-5-15-13(6-11)7-16-17(9-28-10-26)29-19(27)25(15)16/h2,6,10,16-17H,3-5,7-9H2,1H3. The Hall–Kier alpha value is -3.30. The maximum atomic E-state index is 12.3. The number of tetrazole rings is 1. The Kier molecular flexibility index (Phi) is 4.26. The van der Waals surface area contributed by atoms with Gasteiger partial charge >= 0.3 is 6.09 Å². The van der Waals surface area contributed by atoms with Crippen LogP contribution < -0.4 is 0 Å². The molecular weight excluding hydrogens is 376 g/mol. The number of allylic oxidation sites excluding steroid dienone is 3. The minimum absolute atomic E-state index is 0.0899. The van der Waals surface area contributed by atoms with Crippen molar-refractivity contribution < 1.29 is 19.1 Å². The maximum absolute atomic E-state index is 12.3. The fraction of sp³-hybridized carbons (Fsp3) is 0.474. The zero-order chi connectivity index (χ0) is 20.0. The number of hydrogen-bond acceptors (Lipinski definition) is 8. The van der Waals surface area contributed by atoms with E-state index in [0.717, 1.165) is 29.8 Å². The molecule has 0 bridgehead atoms. The van der Waals surface area contributed by atoms with Crippen molar-refractivity contribution in [2.75, 3.05) is 13.2 Å². The lowest BCUT2D eigenvalue weighted by molar-refractivity contribution is -0.131. The number of fused-ring (bicyclic) bond motifs is 2. The predicted molar refractivity (Wildman–Crippen MR) is 99.8 cm³/mol. The molecule has 1 aromatic rings. The third kappa shape index (κ3) is 3.04. The minimum Gasteiger partial charge on any atom is -0.464 e. The van der Waals surface area contributed by atoms with Gasteiger partial charge in [0.2, 0.25) is 5.82 Å². The van der Waals surface area contributed by atoms with Gasteiger partial charge in [0.15, 0.2) is 6.10 Å². The Balaban J connectivity index is 1.31. The van der Waals surface area contributed by atoms with Gasteiger partial charge in [-0.3, -0.25) is 14.7 Å². The van der Waals surface area contributed by atoms with Crippen LogP contribution >= 0.6 is 0 Å². The Morgan fingerprint density at radius 3 is 2.97 bits per heavy atom. The molecule has 1 aliphatic carbocycles. The van der Waals surface area contributed by atoms with Crippen molar-refractivity contribution >= 4 is 18.3 Å². The molecule has 150 valence electrons. The van der Waals surface area contributed by atoms with Crippen LogP contribution in [0.4, 0.5) is 4.79 Å². The number of rotatable bonds is 5. The second-order valence-corrected chi connectivity index (χ2v) is 7.43. The number of nitrogens with zero attached hydrogens (tertiary/aromatic N) is 6. The number of carbonyl (C=O) groups excluding carboxylic acids is 2. The lowest BCUT2D eigenvalue weighted by atomic mass is 9.89. The van der Waals surface area contributed by atoms with Crippen molar-refractivity contribution in [2.24, 2.45) is 12.0 Å². The van der Waals surface area contributed by atoms with Gasteiger partial charge in [0, 0.05) is 12.1 Å². The van der Waals surface area contributed by atoms with E-state index in [-0.39, 0.29) is 18.7 Å². The molecule has 0 saturated carbocycles. The first-order valence-electron chi connectivity index (χ1n) is 9.59. The molecule has 4 aliphatic rings. The average molecular weight is 396 g/mol. The van der Waals surface area contributed by atoms with Gasteiger partial charge in [-0.15, -0.1) is 10.2 Å². The van der Waals surface area contributed by atoms with Crippen molar-refractivity contribution in [3.63, 3.8) is 0 Å². The van der Waals surface area contributed by atoms with Crippen LogP contribution in [0.5, 0.6) is 0 Å². The number of aliphatic imine (C=N–C) groups is 1. The van der Waals surface area contributed by atoms with Gasteiger partial charge in [-0.1, -0.05) is 12.2 Å². The highest BCUT2D eigenvalue weighted by molar-refractivity contribution is 5.99. The summed E-state index contributed by atoms with van der Waals surface area (Å²) in [5.74, 6) is 0.573. The second-order valence-electron chi connectivity index (χ2n) is 7.43. The van der Waals surface area contributed by atoms with Crippen LogP contribution in [0.2, 0.25) is 0 Å². The van der Waals surface area contributed by atoms with E-state index in [4.69, 9.17) is 9.47 Å². The molecule has 1 amide bonds. The van der Waals surface area contributed by atoms with Gasteiger partial charge in [-0.25, -0.2) is 4.79 Å². The maximum Gasteiger partial charge on any atom is 0.414 e. The summed E-state index contributed by atoms with van der Waals surface area (Å²) in [6, 6.07) is -0.101. The summed E-state index contributed by atoms with van der Waals surface area (Å²) < 4.78 is 10.2. The van der Waals surface area contributed by atoms with Crippen molar-refractivity contribution in [3.8, 4) is 0 Å². The monoisotopic (exact) mass is 396 g/mol. The van der Waals surface area contributed by atoms with E-state index in [1.54, 1.807) is 11.9 Å². The Morgan fingerprint density at radius 1 is 1.34 bits per heavy atom. The van der Waals surface area contributed by atoms with E-state index in [2.05, 4.69) is 32.6 Å². The SMILES string of the molecule is Cn1nnc(C2=NCC(C3=CC4=C(CC3)N3C(=O)OC(COC=O)C3C4)=CC2)n1. The summed E-state index contributed by atoms with van der Waals surface area (Å²) in [5, 5.41) is 12.1. The van der Waals surface area contributed by atoms with E-state index in [0.29, 0.717) is 31.7 Å². The molecule has 2 unspecified atom stereocenters. The largest absolute Gasteiger partial charge is 0.464 e. The smallest absolute Gasteiger partial charge is 0.414 e. The first kappa shape index (κ1) is 17.8. The molecule has 29 heavy (non-hydrogen) atoms. The highest BCUT2D eigenvalue weighted by atomic mass is 16.6. The topological polar surface area (TPSA) is 112 Å². The summed E-state index contributed by atoms with van der Waals surface area (Å²) >= 11 is 0. The molecule has 10 nitrogen and oxygen atoms in total. The number of cyclic esters (lactones) is 1. The number of amides is 1. The number of aryl methyl sites for hydroxylation is 1. The normalized spacial score (nSPS) is 25.8. The van der Waals surface area contributed by atoms with Crippen LogP contribution in [-0.4, -0.2) is 68.7 Å². The summed E-state index contributed by atoms with van der Waals surface area (Å²) in [4.78, 5) is 30.6. The van der Waals surface area contributed by atoms with Gasteiger partial charge in [0.05, 0.1) is 25.3 Å². The quantitative estimate of drug-likeness (QED) is 0.684. The number of dihydropyridines is 1. The minimum atomic E-state index is -0.421. The Labute approximate surface area is 166 Å². The van der Waals surface area contributed by atoms with Gasteiger partial charge in [-0.05, 0) is 41.2 Å². The highest BCUT2D eigenvalue weighted by Gasteiger charge is 2.49. The average Bonchev–Trinajstić information content (AvgIpc) is 3.41. The number of hydrogen-bond donors (Lipinski definition) is 0. The fourth-order valence-corrected chi connectivity index (χ4v) is 4.41. The van der Waals surface area contributed by atoms with E-state index in [1.165, 1.54) is 15.9 Å². The summed E-state index contributed by atoms with van der Waals surface area (Å²) in [6.07, 6.45) is 6.63. The van der Waals surface area contributed by atoms with Crippen LogP contribution in [0, 0.1) is 0 Å². The molecule has 3 aliphatic heterocycles.